The number of carbonyl (C=O) groups is 1. The van der Waals surface area contributed by atoms with Crippen molar-refractivity contribution in [3.8, 4) is 0 Å². The number of aromatic nitrogens is 5. The van der Waals surface area contributed by atoms with Crippen LogP contribution in [0.2, 0.25) is 0 Å². The maximum atomic E-state index is 12.7. The molecule has 22 heavy (non-hydrogen) atoms. The third-order valence-electron chi connectivity index (χ3n) is 4.36. The van der Waals surface area contributed by atoms with Gasteiger partial charge in [0.2, 0.25) is 5.91 Å². The Hall–Kier alpha value is -2.18. The fourth-order valence-electron chi connectivity index (χ4n) is 3.13. The van der Waals surface area contributed by atoms with E-state index in [1.54, 1.807) is 11.0 Å². The number of aryl methyl sites for hydroxylation is 1. The zero-order chi connectivity index (χ0) is 15.5. The van der Waals surface area contributed by atoms with Gasteiger partial charge in [-0.3, -0.25) is 4.79 Å². The Bertz CT molecular complexity index is 620. The van der Waals surface area contributed by atoms with Gasteiger partial charge < -0.3 is 9.47 Å². The van der Waals surface area contributed by atoms with E-state index in [9.17, 15) is 4.79 Å². The van der Waals surface area contributed by atoms with Crippen molar-refractivity contribution < 1.29 is 4.79 Å². The zero-order valence-electron chi connectivity index (χ0n) is 13.1. The molecule has 0 aliphatic carbocycles. The Labute approximate surface area is 130 Å². The van der Waals surface area contributed by atoms with E-state index in [0.717, 1.165) is 38.2 Å². The summed E-state index contributed by atoms with van der Waals surface area (Å²) in [6.45, 7) is 5.53. The number of hydrogen-bond donors (Lipinski definition) is 0. The van der Waals surface area contributed by atoms with Crippen molar-refractivity contribution in [2.45, 2.75) is 45.2 Å². The fourth-order valence-corrected chi connectivity index (χ4v) is 3.13. The molecule has 3 rings (SSSR count). The van der Waals surface area contributed by atoms with Gasteiger partial charge in [0, 0.05) is 31.9 Å². The van der Waals surface area contributed by atoms with E-state index in [2.05, 4.69) is 26.6 Å². The zero-order valence-corrected chi connectivity index (χ0v) is 13.1. The summed E-state index contributed by atoms with van der Waals surface area (Å²) in [7, 11) is 0. The number of amides is 1. The molecule has 118 valence electrons. The molecule has 0 radical (unpaired) electrons. The molecule has 0 N–H and O–H groups in total. The Morgan fingerprint density at radius 1 is 1.50 bits per heavy atom. The molecule has 1 amide bonds. The van der Waals surface area contributed by atoms with E-state index in [-0.39, 0.29) is 11.9 Å². The summed E-state index contributed by atoms with van der Waals surface area (Å²) >= 11 is 0. The van der Waals surface area contributed by atoms with E-state index in [1.807, 2.05) is 24.2 Å². The minimum Gasteiger partial charge on any atom is -0.339 e. The molecule has 2 atom stereocenters. The average Bonchev–Trinajstić information content (AvgIpc) is 3.24. The van der Waals surface area contributed by atoms with E-state index < -0.39 is 0 Å². The van der Waals surface area contributed by atoms with E-state index in [0.29, 0.717) is 6.04 Å². The van der Waals surface area contributed by atoms with Gasteiger partial charge in [0.25, 0.3) is 0 Å². The van der Waals surface area contributed by atoms with Crippen molar-refractivity contribution in [2.75, 3.05) is 13.1 Å². The van der Waals surface area contributed by atoms with Crippen molar-refractivity contribution in [2.24, 2.45) is 0 Å². The number of hydrogen-bond acceptors (Lipinski definition) is 4. The molecule has 0 saturated carbocycles. The maximum Gasteiger partial charge on any atom is 0.247 e. The first kappa shape index (κ1) is 14.7. The van der Waals surface area contributed by atoms with Gasteiger partial charge in [-0.15, -0.1) is 0 Å². The minimum absolute atomic E-state index is 0.105. The quantitative estimate of drug-likeness (QED) is 0.857. The van der Waals surface area contributed by atoms with Crippen molar-refractivity contribution in [1.82, 2.24) is 29.2 Å². The topological polar surface area (TPSA) is 68.8 Å². The predicted molar refractivity (Wildman–Crippen MR) is 81.2 cm³/mol. The lowest BCUT2D eigenvalue weighted by Gasteiger charge is -2.35. The Morgan fingerprint density at radius 2 is 2.36 bits per heavy atom. The van der Waals surface area contributed by atoms with Gasteiger partial charge in [-0.2, -0.15) is 5.10 Å². The average molecular weight is 302 g/mol. The first-order valence-corrected chi connectivity index (χ1v) is 7.85. The van der Waals surface area contributed by atoms with Crippen LogP contribution in [0.4, 0.5) is 0 Å². The first-order chi connectivity index (χ1) is 10.7. The van der Waals surface area contributed by atoms with Crippen LogP contribution in [0.25, 0.3) is 0 Å². The molecular formula is C15H22N6O. The second kappa shape index (κ2) is 6.29. The van der Waals surface area contributed by atoms with Crippen molar-refractivity contribution in [3.63, 3.8) is 0 Å². The molecule has 0 aromatic carbocycles. The molecule has 2 aromatic heterocycles. The summed E-state index contributed by atoms with van der Waals surface area (Å²) in [5, 5.41) is 4.07. The first-order valence-electron chi connectivity index (χ1n) is 7.85. The van der Waals surface area contributed by atoms with Crippen LogP contribution in [-0.2, 0) is 11.2 Å². The van der Waals surface area contributed by atoms with Crippen LogP contribution in [0.1, 0.15) is 44.6 Å². The standard InChI is InChI=1S/C15H22N6O/c1-3-14-17-6-8-20(14)13-5-4-7-19(9-13)15(22)12(2)21-11-16-10-18-21/h6,8,10-13H,3-5,7,9H2,1-2H3/t12-,13-/m1/s1. The van der Waals surface area contributed by atoms with Gasteiger partial charge in [0.1, 0.15) is 24.5 Å². The minimum atomic E-state index is -0.310. The van der Waals surface area contributed by atoms with Crippen LogP contribution in [0.15, 0.2) is 25.0 Å². The summed E-state index contributed by atoms with van der Waals surface area (Å²) in [4.78, 5) is 22.9. The normalized spacial score (nSPS) is 20.1. The molecule has 1 saturated heterocycles. The smallest absolute Gasteiger partial charge is 0.247 e. The van der Waals surface area contributed by atoms with Crippen LogP contribution in [0, 0.1) is 0 Å². The van der Waals surface area contributed by atoms with Crippen LogP contribution >= 0.6 is 0 Å². The van der Waals surface area contributed by atoms with E-state index in [1.165, 1.54) is 6.33 Å². The van der Waals surface area contributed by atoms with Gasteiger partial charge in [-0.25, -0.2) is 14.6 Å². The van der Waals surface area contributed by atoms with Crippen molar-refractivity contribution >= 4 is 5.91 Å². The van der Waals surface area contributed by atoms with Gasteiger partial charge in [0.05, 0.1) is 6.04 Å². The van der Waals surface area contributed by atoms with Gasteiger partial charge >= 0.3 is 0 Å². The Balaban J connectivity index is 1.71. The molecule has 7 nitrogen and oxygen atoms in total. The third kappa shape index (κ3) is 2.75. The summed E-state index contributed by atoms with van der Waals surface area (Å²) < 4.78 is 3.83. The number of carbonyl (C=O) groups excluding carboxylic acids is 1. The number of likely N-dealkylation sites (tertiary alicyclic amines) is 1. The van der Waals surface area contributed by atoms with Crippen LogP contribution in [-0.4, -0.2) is 48.2 Å². The number of nitrogens with zero attached hydrogens (tertiary/aromatic N) is 6. The lowest BCUT2D eigenvalue weighted by molar-refractivity contribution is -0.136. The highest BCUT2D eigenvalue weighted by Crippen LogP contribution is 2.24. The van der Waals surface area contributed by atoms with Crippen LogP contribution < -0.4 is 0 Å². The molecule has 1 aliphatic heterocycles. The predicted octanol–water partition coefficient (Wildman–Crippen LogP) is 1.46. The molecule has 3 heterocycles. The lowest BCUT2D eigenvalue weighted by atomic mass is 10.0. The largest absolute Gasteiger partial charge is 0.339 e. The molecule has 0 bridgehead atoms. The highest BCUT2D eigenvalue weighted by atomic mass is 16.2. The Kier molecular flexibility index (Phi) is 4.22. The highest BCUT2D eigenvalue weighted by molar-refractivity contribution is 5.80. The molecule has 0 unspecified atom stereocenters. The Morgan fingerprint density at radius 3 is 3.09 bits per heavy atom. The lowest BCUT2D eigenvalue weighted by Crippen LogP contribution is -2.43. The highest BCUT2D eigenvalue weighted by Gasteiger charge is 2.29. The SMILES string of the molecule is CCc1nccn1[C@@H]1CCCN(C(=O)[C@@H](C)n2cncn2)C1. The molecule has 2 aromatic rings. The second-order valence-electron chi connectivity index (χ2n) is 5.74. The molecule has 1 fully saturated rings. The number of rotatable bonds is 4. The molecule has 1 aliphatic rings. The second-order valence-corrected chi connectivity index (χ2v) is 5.74. The maximum absolute atomic E-state index is 12.7. The summed E-state index contributed by atoms with van der Waals surface area (Å²) in [5.41, 5.74) is 0. The van der Waals surface area contributed by atoms with Gasteiger partial charge in [-0.1, -0.05) is 6.92 Å². The molecule has 7 heteroatoms. The number of piperidine rings is 1. The van der Waals surface area contributed by atoms with Gasteiger partial charge in [-0.05, 0) is 19.8 Å². The summed E-state index contributed by atoms with van der Waals surface area (Å²) in [6, 6.07) is 0.00720. The monoisotopic (exact) mass is 302 g/mol. The van der Waals surface area contributed by atoms with Crippen LogP contribution in [0.3, 0.4) is 0 Å². The van der Waals surface area contributed by atoms with Crippen LogP contribution in [0.5, 0.6) is 0 Å². The van der Waals surface area contributed by atoms with E-state index in [4.69, 9.17) is 0 Å². The molecule has 0 spiro atoms. The van der Waals surface area contributed by atoms with Crippen molar-refractivity contribution in [1.29, 1.82) is 0 Å². The number of imidazole rings is 1. The third-order valence-corrected chi connectivity index (χ3v) is 4.36. The fraction of sp³-hybridized carbons (Fsp3) is 0.600. The summed E-state index contributed by atoms with van der Waals surface area (Å²) in [6.07, 6.45) is 9.94. The van der Waals surface area contributed by atoms with Gasteiger partial charge in [0.15, 0.2) is 0 Å². The van der Waals surface area contributed by atoms with E-state index >= 15 is 0 Å². The summed E-state index contributed by atoms with van der Waals surface area (Å²) in [5.74, 6) is 1.19. The van der Waals surface area contributed by atoms with Crippen molar-refractivity contribution in [3.05, 3.63) is 30.9 Å². The molecular weight excluding hydrogens is 280 g/mol.